The van der Waals surface area contributed by atoms with Crippen LogP contribution in [0.3, 0.4) is 0 Å². The molecule has 0 radical (unpaired) electrons. The lowest BCUT2D eigenvalue weighted by Gasteiger charge is -2.23. The number of rotatable bonds is 6. The molecular formula is C19H21NO5. The summed E-state index contributed by atoms with van der Waals surface area (Å²) in [5.74, 6) is -0.491. The fraction of sp³-hybridized carbons (Fsp3) is 0.263. The highest BCUT2D eigenvalue weighted by atomic mass is 16.5. The summed E-state index contributed by atoms with van der Waals surface area (Å²) in [5, 5.41) is 0. The second-order valence-electron chi connectivity index (χ2n) is 4.97. The van der Waals surface area contributed by atoms with Gasteiger partial charge in [0.05, 0.1) is 25.9 Å². The Labute approximate surface area is 147 Å². The first-order chi connectivity index (χ1) is 12.1. The Balaban J connectivity index is 2.55. The Morgan fingerprint density at radius 3 is 2.20 bits per heavy atom. The SMILES string of the molecule is CCOC(=O)C1=C(C(=O)OCC)N(c2ccc(OC)cc2)C=CC=C1. The van der Waals surface area contributed by atoms with Crippen LogP contribution in [0.15, 0.2) is 60.0 Å². The number of hydrogen-bond acceptors (Lipinski definition) is 6. The number of nitrogens with zero attached hydrogens (tertiary/aromatic N) is 1. The normalized spacial score (nSPS) is 13.5. The minimum Gasteiger partial charge on any atom is -0.497 e. The zero-order valence-electron chi connectivity index (χ0n) is 14.5. The van der Waals surface area contributed by atoms with Gasteiger partial charge in [0.25, 0.3) is 0 Å². The maximum Gasteiger partial charge on any atom is 0.356 e. The number of allylic oxidation sites excluding steroid dienone is 2. The van der Waals surface area contributed by atoms with Crippen LogP contribution in [0.4, 0.5) is 5.69 Å². The molecule has 0 amide bonds. The molecule has 0 saturated carbocycles. The number of benzene rings is 1. The molecule has 1 aliphatic rings. The van der Waals surface area contributed by atoms with Crippen molar-refractivity contribution >= 4 is 17.6 Å². The quantitative estimate of drug-likeness (QED) is 0.740. The molecule has 1 aromatic carbocycles. The van der Waals surface area contributed by atoms with Crippen LogP contribution in [0.1, 0.15) is 13.8 Å². The largest absolute Gasteiger partial charge is 0.497 e. The fourth-order valence-electron chi connectivity index (χ4n) is 2.31. The minimum atomic E-state index is -0.599. The van der Waals surface area contributed by atoms with Crippen molar-refractivity contribution in [3.8, 4) is 5.75 Å². The van der Waals surface area contributed by atoms with Crippen LogP contribution in [-0.2, 0) is 19.1 Å². The van der Waals surface area contributed by atoms with Crippen LogP contribution in [0, 0.1) is 0 Å². The second-order valence-corrected chi connectivity index (χ2v) is 4.97. The van der Waals surface area contributed by atoms with Crippen molar-refractivity contribution < 1.29 is 23.8 Å². The highest BCUT2D eigenvalue weighted by Crippen LogP contribution is 2.27. The molecular weight excluding hydrogens is 322 g/mol. The molecule has 0 unspecified atom stereocenters. The smallest absolute Gasteiger partial charge is 0.356 e. The summed E-state index contributed by atoms with van der Waals surface area (Å²) in [4.78, 5) is 26.5. The van der Waals surface area contributed by atoms with Gasteiger partial charge in [-0.2, -0.15) is 0 Å². The number of esters is 2. The van der Waals surface area contributed by atoms with Crippen LogP contribution >= 0.6 is 0 Å². The van der Waals surface area contributed by atoms with E-state index in [1.165, 1.54) is 0 Å². The van der Waals surface area contributed by atoms with Gasteiger partial charge in [-0.25, -0.2) is 9.59 Å². The molecule has 1 heterocycles. The Kier molecular flexibility index (Phi) is 6.39. The molecule has 0 atom stereocenters. The average Bonchev–Trinajstić information content (AvgIpc) is 2.85. The number of carbonyl (C=O) groups excluding carboxylic acids is 2. The van der Waals surface area contributed by atoms with E-state index in [-0.39, 0.29) is 24.5 Å². The van der Waals surface area contributed by atoms with Gasteiger partial charge in [-0.15, -0.1) is 0 Å². The zero-order chi connectivity index (χ0) is 18.2. The third-order valence-corrected chi connectivity index (χ3v) is 3.42. The molecule has 0 bridgehead atoms. The molecule has 0 aliphatic carbocycles. The summed E-state index contributed by atoms with van der Waals surface area (Å²) >= 11 is 0. The van der Waals surface area contributed by atoms with Crippen LogP contribution in [0.2, 0.25) is 0 Å². The van der Waals surface area contributed by atoms with Crippen molar-refractivity contribution in [3.63, 3.8) is 0 Å². The third kappa shape index (κ3) is 4.29. The molecule has 6 nitrogen and oxygen atoms in total. The molecule has 25 heavy (non-hydrogen) atoms. The minimum absolute atomic E-state index is 0.107. The van der Waals surface area contributed by atoms with Gasteiger partial charge < -0.3 is 19.1 Å². The van der Waals surface area contributed by atoms with Crippen LogP contribution < -0.4 is 9.64 Å². The van der Waals surface area contributed by atoms with Crippen molar-refractivity contribution in [2.24, 2.45) is 0 Å². The Morgan fingerprint density at radius 2 is 1.60 bits per heavy atom. The van der Waals surface area contributed by atoms with E-state index in [4.69, 9.17) is 14.2 Å². The monoisotopic (exact) mass is 343 g/mol. The summed E-state index contributed by atoms with van der Waals surface area (Å²) in [5.41, 5.74) is 0.933. The molecule has 0 N–H and O–H groups in total. The molecule has 0 fully saturated rings. The van der Waals surface area contributed by atoms with Gasteiger partial charge in [-0.1, -0.05) is 6.08 Å². The maximum absolute atomic E-state index is 12.6. The third-order valence-electron chi connectivity index (χ3n) is 3.42. The van der Waals surface area contributed by atoms with Crippen molar-refractivity contribution in [1.29, 1.82) is 0 Å². The first-order valence-corrected chi connectivity index (χ1v) is 7.99. The maximum atomic E-state index is 12.6. The molecule has 0 spiro atoms. The lowest BCUT2D eigenvalue weighted by Crippen LogP contribution is -2.27. The summed E-state index contributed by atoms with van der Waals surface area (Å²) in [6.45, 7) is 3.83. The standard InChI is InChI=1S/C19H21NO5/c1-4-24-18(21)16-8-6-7-13-20(17(16)19(22)25-5-2)14-9-11-15(23-3)12-10-14/h6-13H,4-5H2,1-3H3. The molecule has 132 valence electrons. The summed E-state index contributed by atoms with van der Waals surface area (Å²) in [7, 11) is 1.58. The van der Waals surface area contributed by atoms with Gasteiger partial charge in [0.15, 0.2) is 0 Å². The fourth-order valence-corrected chi connectivity index (χ4v) is 2.31. The van der Waals surface area contributed by atoms with Crippen molar-refractivity contribution in [3.05, 3.63) is 60.0 Å². The predicted octanol–water partition coefficient (Wildman–Crippen LogP) is 2.97. The summed E-state index contributed by atoms with van der Waals surface area (Å²) in [6.07, 6.45) is 6.64. The van der Waals surface area contributed by atoms with E-state index >= 15 is 0 Å². The van der Waals surface area contributed by atoms with Gasteiger partial charge in [0.1, 0.15) is 11.4 Å². The Hall–Kier alpha value is -3.02. The first kappa shape index (κ1) is 18.3. The van der Waals surface area contributed by atoms with Gasteiger partial charge >= 0.3 is 11.9 Å². The van der Waals surface area contributed by atoms with E-state index in [0.29, 0.717) is 11.4 Å². The molecule has 6 heteroatoms. The van der Waals surface area contributed by atoms with E-state index in [9.17, 15) is 9.59 Å². The Bertz CT molecular complexity index is 716. The zero-order valence-corrected chi connectivity index (χ0v) is 14.5. The summed E-state index contributed by atoms with van der Waals surface area (Å²) in [6, 6.07) is 7.12. The average molecular weight is 343 g/mol. The van der Waals surface area contributed by atoms with Crippen LogP contribution in [0.25, 0.3) is 0 Å². The van der Waals surface area contributed by atoms with Crippen LogP contribution in [0.5, 0.6) is 5.75 Å². The lowest BCUT2D eigenvalue weighted by atomic mass is 10.1. The second kappa shape index (κ2) is 8.73. The molecule has 0 saturated heterocycles. The van der Waals surface area contributed by atoms with E-state index in [0.717, 1.165) is 0 Å². The van der Waals surface area contributed by atoms with Gasteiger partial charge in [-0.05, 0) is 50.3 Å². The molecule has 2 rings (SSSR count). The van der Waals surface area contributed by atoms with Crippen molar-refractivity contribution in [2.45, 2.75) is 13.8 Å². The molecule has 1 aromatic rings. The first-order valence-electron chi connectivity index (χ1n) is 7.99. The number of ether oxygens (including phenoxy) is 3. The Morgan fingerprint density at radius 1 is 0.960 bits per heavy atom. The van der Waals surface area contributed by atoms with E-state index in [2.05, 4.69) is 0 Å². The number of methoxy groups -OCH3 is 1. The summed E-state index contributed by atoms with van der Waals surface area (Å²) < 4.78 is 15.4. The lowest BCUT2D eigenvalue weighted by molar-refractivity contribution is -0.141. The van der Waals surface area contributed by atoms with E-state index in [1.807, 2.05) is 0 Å². The van der Waals surface area contributed by atoms with E-state index in [1.54, 1.807) is 74.6 Å². The topological polar surface area (TPSA) is 65.1 Å². The number of hydrogen-bond donors (Lipinski definition) is 0. The highest BCUT2D eigenvalue weighted by Gasteiger charge is 2.27. The van der Waals surface area contributed by atoms with Crippen molar-refractivity contribution in [2.75, 3.05) is 25.2 Å². The molecule has 1 aliphatic heterocycles. The van der Waals surface area contributed by atoms with Crippen molar-refractivity contribution in [1.82, 2.24) is 0 Å². The predicted molar refractivity (Wildman–Crippen MR) is 94.0 cm³/mol. The number of anilines is 1. The van der Waals surface area contributed by atoms with E-state index < -0.39 is 11.9 Å². The van der Waals surface area contributed by atoms with Gasteiger partial charge in [0.2, 0.25) is 0 Å². The molecule has 0 aromatic heterocycles. The van der Waals surface area contributed by atoms with Crippen LogP contribution in [-0.4, -0.2) is 32.3 Å². The van der Waals surface area contributed by atoms with Gasteiger partial charge in [0, 0.05) is 11.9 Å². The van der Waals surface area contributed by atoms with Gasteiger partial charge in [-0.3, -0.25) is 0 Å². The number of carbonyl (C=O) groups is 2. The highest BCUT2D eigenvalue weighted by molar-refractivity contribution is 6.05.